The zero-order chi connectivity index (χ0) is 10.9. The number of aromatic hydroxyl groups is 1. The number of aromatic carboxylic acids is 1. The molecule has 0 aliphatic carbocycles. The number of hydrogen-bond donors (Lipinski definition) is 2. The molecule has 6 nitrogen and oxygen atoms in total. The third-order valence-electron chi connectivity index (χ3n) is 1.48. The van der Waals surface area contributed by atoms with Crippen LogP contribution in [0.25, 0.3) is 0 Å². The fraction of sp³-hybridized carbons (Fsp3) is 0. The van der Waals surface area contributed by atoms with Crippen LogP contribution in [0.2, 0.25) is 5.02 Å². The maximum absolute atomic E-state index is 10.5. The first-order valence-electron chi connectivity index (χ1n) is 3.33. The first kappa shape index (κ1) is 14.2. The fourth-order valence-corrected chi connectivity index (χ4v) is 1.10. The van der Waals surface area contributed by atoms with Crippen molar-refractivity contribution in [3.63, 3.8) is 0 Å². The Morgan fingerprint density at radius 3 is 2.40 bits per heavy atom. The molecule has 1 aromatic rings. The standard InChI is InChI=1S/C7H4ClNO5.Na/c8-3-1-4(7(11)12)6(10)5(2-3)9(13)14;/h1-2,10H,(H,11,12);/q;+1. The van der Waals surface area contributed by atoms with Gasteiger partial charge < -0.3 is 10.2 Å². The molecule has 74 valence electrons. The predicted octanol–water partition coefficient (Wildman–Crippen LogP) is -1.34. The molecule has 0 atom stereocenters. The number of nitro groups is 1. The smallest absolute Gasteiger partial charge is 0.501 e. The summed E-state index contributed by atoms with van der Waals surface area (Å²) in [5.41, 5.74) is -1.32. The molecule has 0 radical (unpaired) electrons. The molecule has 15 heavy (non-hydrogen) atoms. The molecule has 0 aliphatic rings. The van der Waals surface area contributed by atoms with Crippen molar-refractivity contribution >= 4 is 23.3 Å². The van der Waals surface area contributed by atoms with Crippen molar-refractivity contribution in [3.8, 4) is 5.75 Å². The summed E-state index contributed by atoms with van der Waals surface area (Å²) in [4.78, 5) is 19.9. The van der Waals surface area contributed by atoms with Crippen LogP contribution >= 0.6 is 11.6 Å². The Kier molecular flexibility index (Phi) is 5.02. The van der Waals surface area contributed by atoms with E-state index in [4.69, 9.17) is 16.7 Å². The van der Waals surface area contributed by atoms with E-state index in [0.717, 1.165) is 12.1 Å². The zero-order valence-electron chi connectivity index (χ0n) is 7.60. The second kappa shape index (κ2) is 5.32. The molecule has 0 unspecified atom stereocenters. The number of carboxylic acids is 1. The van der Waals surface area contributed by atoms with Crippen LogP contribution in [0.1, 0.15) is 10.4 Å². The SMILES string of the molecule is O=C(O)c1cc(Cl)cc([N+](=O)[O-])c1O.[Na+]. The molecule has 8 heteroatoms. The Labute approximate surface area is 111 Å². The molecule has 1 aromatic carbocycles. The first-order valence-corrected chi connectivity index (χ1v) is 3.71. The van der Waals surface area contributed by atoms with Crippen molar-refractivity contribution in [3.05, 3.63) is 32.8 Å². The number of benzene rings is 1. The minimum atomic E-state index is -1.48. The normalized spacial score (nSPS) is 9.13. The number of rotatable bonds is 2. The molecule has 0 spiro atoms. The van der Waals surface area contributed by atoms with E-state index in [1.54, 1.807) is 0 Å². The number of nitrogens with zero attached hydrogens (tertiary/aromatic N) is 1. The van der Waals surface area contributed by atoms with E-state index in [1.807, 2.05) is 0 Å². The van der Waals surface area contributed by atoms with Gasteiger partial charge in [-0.3, -0.25) is 10.1 Å². The Morgan fingerprint density at radius 2 is 2.00 bits per heavy atom. The average Bonchev–Trinajstić information content (AvgIpc) is 2.07. The van der Waals surface area contributed by atoms with Gasteiger partial charge in [-0.2, -0.15) is 0 Å². The molecule has 1 rings (SSSR count). The van der Waals surface area contributed by atoms with Crippen LogP contribution < -0.4 is 29.6 Å². The van der Waals surface area contributed by atoms with E-state index in [0.29, 0.717) is 0 Å². The number of carbonyl (C=O) groups is 1. The quantitative estimate of drug-likeness (QED) is 0.378. The number of nitro benzene ring substituents is 1. The maximum atomic E-state index is 10.5. The Bertz CT molecular complexity index is 387. The summed E-state index contributed by atoms with van der Waals surface area (Å²) in [5.74, 6) is -2.37. The first-order chi connectivity index (χ1) is 6.43. The topological polar surface area (TPSA) is 101 Å². The number of phenols is 1. The molecule has 0 aliphatic heterocycles. The molecule has 0 amide bonds. The van der Waals surface area contributed by atoms with Crippen LogP contribution in [0.4, 0.5) is 5.69 Å². The van der Waals surface area contributed by atoms with E-state index in [9.17, 15) is 20.0 Å². The van der Waals surface area contributed by atoms with Crippen molar-refractivity contribution in [2.24, 2.45) is 0 Å². The van der Waals surface area contributed by atoms with Gasteiger partial charge in [0.15, 0.2) is 0 Å². The summed E-state index contributed by atoms with van der Waals surface area (Å²) in [6.07, 6.45) is 0. The molecule has 0 heterocycles. The van der Waals surface area contributed by atoms with Crippen molar-refractivity contribution < 1.29 is 49.5 Å². The van der Waals surface area contributed by atoms with Crippen LogP contribution in [0.15, 0.2) is 12.1 Å². The second-order valence-corrected chi connectivity index (χ2v) is 2.82. The van der Waals surface area contributed by atoms with Gasteiger partial charge in [0.25, 0.3) is 0 Å². The molecule has 0 saturated carbocycles. The van der Waals surface area contributed by atoms with Gasteiger partial charge in [-0.1, -0.05) is 11.6 Å². The number of carboxylic acid groups (broad SMARTS) is 1. The molecule has 0 saturated heterocycles. The molecule has 0 fully saturated rings. The van der Waals surface area contributed by atoms with Gasteiger partial charge in [0.1, 0.15) is 5.56 Å². The van der Waals surface area contributed by atoms with E-state index in [1.165, 1.54) is 0 Å². The Balaban J connectivity index is 0.00000196. The van der Waals surface area contributed by atoms with Crippen LogP contribution in [-0.2, 0) is 0 Å². The fourth-order valence-electron chi connectivity index (χ4n) is 0.887. The van der Waals surface area contributed by atoms with Gasteiger partial charge >= 0.3 is 41.2 Å². The van der Waals surface area contributed by atoms with E-state index >= 15 is 0 Å². The summed E-state index contributed by atoms with van der Waals surface area (Å²) < 4.78 is 0. The summed E-state index contributed by atoms with van der Waals surface area (Å²) in [7, 11) is 0. The van der Waals surface area contributed by atoms with Crippen LogP contribution in [0.3, 0.4) is 0 Å². The molecular weight excluding hydrogens is 237 g/mol. The van der Waals surface area contributed by atoms with Crippen molar-refractivity contribution in [2.45, 2.75) is 0 Å². The number of halogens is 1. The van der Waals surface area contributed by atoms with Crippen LogP contribution in [0.5, 0.6) is 5.75 Å². The second-order valence-electron chi connectivity index (χ2n) is 2.38. The van der Waals surface area contributed by atoms with Gasteiger partial charge in [-0.05, 0) is 6.07 Å². The Hall–Kier alpha value is -0.820. The van der Waals surface area contributed by atoms with Gasteiger partial charge in [0.05, 0.1) is 4.92 Å². The number of hydrogen-bond acceptors (Lipinski definition) is 4. The molecular formula is C7H4ClNNaO5+. The minimum absolute atomic E-state index is 0. The molecule has 0 aromatic heterocycles. The maximum Gasteiger partial charge on any atom is 1.00 e. The minimum Gasteiger partial charge on any atom is -0.501 e. The predicted molar refractivity (Wildman–Crippen MR) is 46.7 cm³/mol. The monoisotopic (exact) mass is 240 g/mol. The Morgan fingerprint density at radius 1 is 1.47 bits per heavy atom. The zero-order valence-corrected chi connectivity index (χ0v) is 10.4. The average molecular weight is 241 g/mol. The molecule has 2 N–H and O–H groups in total. The third-order valence-corrected chi connectivity index (χ3v) is 1.70. The third kappa shape index (κ3) is 3.07. The van der Waals surface area contributed by atoms with E-state index in [-0.39, 0.29) is 34.6 Å². The van der Waals surface area contributed by atoms with Crippen LogP contribution in [-0.4, -0.2) is 21.1 Å². The largest absolute Gasteiger partial charge is 1.00 e. The van der Waals surface area contributed by atoms with Crippen molar-refractivity contribution in [1.82, 2.24) is 0 Å². The summed E-state index contributed by atoms with van der Waals surface area (Å²) in [6.45, 7) is 0. The van der Waals surface area contributed by atoms with Crippen molar-refractivity contribution in [2.75, 3.05) is 0 Å². The van der Waals surface area contributed by atoms with E-state index < -0.39 is 27.9 Å². The van der Waals surface area contributed by atoms with E-state index in [2.05, 4.69) is 0 Å². The van der Waals surface area contributed by atoms with Gasteiger partial charge in [-0.15, -0.1) is 0 Å². The summed E-state index contributed by atoms with van der Waals surface area (Å²) in [6, 6.07) is 1.82. The van der Waals surface area contributed by atoms with Gasteiger partial charge in [0, 0.05) is 11.1 Å². The summed E-state index contributed by atoms with van der Waals surface area (Å²) >= 11 is 5.43. The molecule has 0 bridgehead atoms. The van der Waals surface area contributed by atoms with Crippen LogP contribution in [0, 0.1) is 10.1 Å². The summed E-state index contributed by atoms with van der Waals surface area (Å²) in [5, 5.41) is 28.0. The van der Waals surface area contributed by atoms with Crippen molar-refractivity contribution in [1.29, 1.82) is 0 Å². The van der Waals surface area contributed by atoms with Gasteiger partial charge in [-0.25, -0.2) is 4.79 Å². The van der Waals surface area contributed by atoms with Gasteiger partial charge in [0.2, 0.25) is 5.75 Å².